The number of ether oxygens (including phenoxy) is 1. The predicted molar refractivity (Wildman–Crippen MR) is 128 cm³/mol. The zero-order valence-electron chi connectivity index (χ0n) is 18.9. The highest BCUT2D eigenvalue weighted by molar-refractivity contribution is 5.94. The maximum absolute atomic E-state index is 13.6. The SMILES string of the molecule is CCOC(=O)/C=C(/C)NC1C(=O)N(Cc2ccccc2)C1(c1ccccc1)c1ccccc1. The lowest BCUT2D eigenvalue weighted by Crippen LogP contribution is -2.76. The van der Waals surface area contributed by atoms with E-state index in [1.165, 1.54) is 6.08 Å². The number of allylic oxidation sites excluding steroid dienone is 1. The van der Waals surface area contributed by atoms with Gasteiger partial charge in [0.05, 0.1) is 6.61 Å². The average Bonchev–Trinajstić information content (AvgIpc) is 2.85. The number of nitrogens with zero attached hydrogens (tertiary/aromatic N) is 1. The fourth-order valence-electron chi connectivity index (χ4n) is 4.56. The van der Waals surface area contributed by atoms with Crippen molar-refractivity contribution < 1.29 is 14.3 Å². The van der Waals surface area contributed by atoms with Gasteiger partial charge in [0.2, 0.25) is 5.91 Å². The van der Waals surface area contributed by atoms with E-state index in [9.17, 15) is 9.59 Å². The Balaban J connectivity index is 1.81. The van der Waals surface area contributed by atoms with Crippen LogP contribution in [0.1, 0.15) is 30.5 Å². The molecule has 0 spiro atoms. The second-order valence-electron chi connectivity index (χ2n) is 8.07. The minimum absolute atomic E-state index is 0.0248. The molecule has 1 heterocycles. The number of amides is 1. The first kappa shape index (κ1) is 22.3. The number of carbonyl (C=O) groups is 2. The Bertz CT molecular complexity index is 1090. The molecule has 0 saturated carbocycles. The van der Waals surface area contributed by atoms with E-state index >= 15 is 0 Å². The minimum atomic E-state index is -0.737. The van der Waals surface area contributed by atoms with Crippen molar-refractivity contribution in [3.8, 4) is 0 Å². The first-order valence-electron chi connectivity index (χ1n) is 11.2. The van der Waals surface area contributed by atoms with Crippen molar-refractivity contribution in [2.75, 3.05) is 6.61 Å². The largest absolute Gasteiger partial charge is 0.463 e. The molecule has 1 amide bonds. The normalized spacial score (nSPS) is 17.3. The van der Waals surface area contributed by atoms with Gasteiger partial charge in [0, 0.05) is 18.3 Å². The van der Waals surface area contributed by atoms with Crippen molar-refractivity contribution in [1.82, 2.24) is 10.2 Å². The molecule has 0 aliphatic carbocycles. The van der Waals surface area contributed by atoms with E-state index in [1.54, 1.807) is 13.8 Å². The number of carbonyl (C=O) groups excluding carboxylic acids is 2. The summed E-state index contributed by atoms with van der Waals surface area (Å²) in [6, 6.07) is 29.5. The monoisotopic (exact) mass is 440 g/mol. The van der Waals surface area contributed by atoms with E-state index in [-0.39, 0.29) is 5.91 Å². The second kappa shape index (κ2) is 9.74. The third-order valence-electron chi connectivity index (χ3n) is 5.96. The molecule has 1 aliphatic heterocycles. The van der Waals surface area contributed by atoms with Crippen LogP contribution < -0.4 is 5.32 Å². The molecule has 1 fully saturated rings. The van der Waals surface area contributed by atoms with E-state index in [1.807, 2.05) is 71.6 Å². The summed E-state index contributed by atoms with van der Waals surface area (Å²) in [5, 5.41) is 3.33. The maximum Gasteiger partial charge on any atom is 0.332 e. The van der Waals surface area contributed by atoms with E-state index in [4.69, 9.17) is 4.74 Å². The smallest absolute Gasteiger partial charge is 0.332 e. The number of esters is 1. The quantitative estimate of drug-likeness (QED) is 0.321. The van der Waals surface area contributed by atoms with Crippen LogP contribution in [-0.4, -0.2) is 29.4 Å². The van der Waals surface area contributed by atoms with Gasteiger partial charge in [-0.25, -0.2) is 4.79 Å². The highest BCUT2D eigenvalue weighted by atomic mass is 16.5. The molecule has 5 nitrogen and oxygen atoms in total. The third kappa shape index (κ3) is 4.27. The van der Waals surface area contributed by atoms with Crippen molar-refractivity contribution >= 4 is 11.9 Å². The highest BCUT2D eigenvalue weighted by Gasteiger charge is 2.62. The van der Waals surface area contributed by atoms with Crippen molar-refractivity contribution in [1.29, 1.82) is 0 Å². The molecule has 1 aliphatic rings. The van der Waals surface area contributed by atoms with E-state index < -0.39 is 17.6 Å². The van der Waals surface area contributed by atoms with Crippen LogP contribution >= 0.6 is 0 Å². The molecule has 3 aromatic carbocycles. The summed E-state index contributed by atoms with van der Waals surface area (Å²) in [6.07, 6.45) is 1.40. The molecule has 33 heavy (non-hydrogen) atoms. The summed E-state index contributed by atoms with van der Waals surface area (Å²) in [7, 11) is 0. The molecule has 1 atom stereocenters. The van der Waals surface area contributed by atoms with Crippen molar-refractivity contribution in [2.45, 2.75) is 32.0 Å². The molecule has 1 unspecified atom stereocenters. The van der Waals surface area contributed by atoms with Crippen LogP contribution in [0.5, 0.6) is 0 Å². The van der Waals surface area contributed by atoms with Gasteiger partial charge in [-0.2, -0.15) is 0 Å². The van der Waals surface area contributed by atoms with Gasteiger partial charge in [-0.1, -0.05) is 91.0 Å². The lowest BCUT2D eigenvalue weighted by atomic mass is 9.68. The first-order chi connectivity index (χ1) is 16.1. The summed E-state index contributed by atoms with van der Waals surface area (Å²) in [6.45, 7) is 4.32. The molecular weight excluding hydrogens is 412 g/mol. The predicted octanol–water partition coefficient (Wildman–Crippen LogP) is 4.40. The fraction of sp³-hybridized carbons (Fsp3) is 0.214. The molecule has 5 heteroatoms. The number of hydrogen-bond donors (Lipinski definition) is 1. The van der Waals surface area contributed by atoms with Crippen molar-refractivity contribution in [3.05, 3.63) is 119 Å². The van der Waals surface area contributed by atoms with Gasteiger partial charge in [0.25, 0.3) is 0 Å². The van der Waals surface area contributed by atoms with Crippen LogP contribution in [0.2, 0.25) is 0 Å². The average molecular weight is 441 g/mol. The topological polar surface area (TPSA) is 58.6 Å². The van der Waals surface area contributed by atoms with Crippen LogP contribution in [-0.2, 0) is 26.4 Å². The molecule has 168 valence electrons. The Morgan fingerprint density at radius 3 is 1.97 bits per heavy atom. The number of rotatable bonds is 8. The van der Waals surface area contributed by atoms with Gasteiger partial charge in [0.15, 0.2) is 0 Å². The zero-order valence-corrected chi connectivity index (χ0v) is 18.9. The summed E-state index contributed by atoms with van der Waals surface area (Å²) in [5.74, 6) is -0.455. The van der Waals surface area contributed by atoms with Crippen LogP contribution in [0.25, 0.3) is 0 Å². The maximum atomic E-state index is 13.6. The Morgan fingerprint density at radius 2 is 1.45 bits per heavy atom. The number of hydrogen-bond acceptors (Lipinski definition) is 4. The zero-order chi connectivity index (χ0) is 23.3. The summed E-state index contributed by atoms with van der Waals surface area (Å²) in [4.78, 5) is 27.5. The standard InChI is InChI=1S/C28H28N2O3/c1-3-33-25(31)19-21(2)29-26-27(32)30(20-22-13-7-4-8-14-22)28(26,23-15-9-5-10-16-23)24-17-11-6-12-18-24/h4-19,26,29H,3,20H2,1-2H3/b21-19-. The summed E-state index contributed by atoms with van der Waals surface area (Å²) >= 11 is 0. The minimum Gasteiger partial charge on any atom is -0.463 e. The Hall–Kier alpha value is -3.86. The Kier molecular flexibility index (Phi) is 6.59. The van der Waals surface area contributed by atoms with Gasteiger partial charge in [-0.15, -0.1) is 0 Å². The Morgan fingerprint density at radius 1 is 0.939 bits per heavy atom. The molecular formula is C28H28N2O3. The molecule has 1 N–H and O–H groups in total. The van der Waals surface area contributed by atoms with Crippen LogP contribution in [0.3, 0.4) is 0 Å². The molecule has 0 bridgehead atoms. The number of benzene rings is 3. The van der Waals surface area contributed by atoms with Gasteiger partial charge in [0.1, 0.15) is 11.6 Å². The third-order valence-corrected chi connectivity index (χ3v) is 5.96. The fourth-order valence-corrected chi connectivity index (χ4v) is 4.56. The van der Waals surface area contributed by atoms with Crippen molar-refractivity contribution in [3.63, 3.8) is 0 Å². The molecule has 3 aromatic rings. The number of β-lactam (4-membered cyclic amide) rings is 1. The Labute approximate surface area is 194 Å². The van der Waals surface area contributed by atoms with Crippen LogP contribution in [0, 0.1) is 0 Å². The molecule has 0 radical (unpaired) electrons. The van der Waals surface area contributed by atoms with Gasteiger partial charge in [-0.3, -0.25) is 4.79 Å². The summed E-state index contributed by atoms with van der Waals surface area (Å²) in [5.41, 5.74) is 2.92. The van der Waals surface area contributed by atoms with E-state index in [0.717, 1.165) is 16.7 Å². The van der Waals surface area contributed by atoms with Gasteiger partial charge < -0.3 is 15.0 Å². The molecule has 1 saturated heterocycles. The number of nitrogens with one attached hydrogen (secondary N) is 1. The summed E-state index contributed by atoms with van der Waals surface area (Å²) < 4.78 is 5.04. The lowest BCUT2D eigenvalue weighted by Gasteiger charge is -2.58. The number of likely N-dealkylation sites (tertiary alicyclic amines) is 1. The highest BCUT2D eigenvalue weighted by Crippen LogP contribution is 2.48. The lowest BCUT2D eigenvalue weighted by molar-refractivity contribution is -0.162. The van der Waals surface area contributed by atoms with Crippen LogP contribution in [0.4, 0.5) is 0 Å². The van der Waals surface area contributed by atoms with Crippen molar-refractivity contribution in [2.24, 2.45) is 0 Å². The van der Waals surface area contributed by atoms with Gasteiger partial charge in [-0.05, 0) is 30.5 Å². The molecule has 4 rings (SSSR count). The van der Waals surface area contributed by atoms with Gasteiger partial charge >= 0.3 is 5.97 Å². The van der Waals surface area contributed by atoms with Crippen LogP contribution in [0.15, 0.2) is 103 Å². The molecule has 0 aromatic heterocycles. The van der Waals surface area contributed by atoms with E-state index in [0.29, 0.717) is 18.8 Å². The van der Waals surface area contributed by atoms with E-state index in [2.05, 4.69) is 29.6 Å². The second-order valence-corrected chi connectivity index (χ2v) is 8.07. The first-order valence-corrected chi connectivity index (χ1v) is 11.2.